The van der Waals surface area contributed by atoms with E-state index in [9.17, 15) is 24.4 Å². The second-order valence-electron chi connectivity index (χ2n) is 8.29. The summed E-state index contributed by atoms with van der Waals surface area (Å²) in [4.78, 5) is 53.9. The molecule has 1 amide bonds. The Morgan fingerprint density at radius 2 is 1.74 bits per heavy atom. The van der Waals surface area contributed by atoms with Gasteiger partial charge in [0.25, 0.3) is 5.91 Å². The van der Waals surface area contributed by atoms with Crippen molar-refractivity contribution in [2.45, 2.75) is 76.2 Å². The van der Waals surface area contributed by atoms with Crippen LogP contribution in [0, 0.1) is 16.7 Å². The second kappa shape index (κ2) is 9.93. The fraction of sp³-hybridized carbons (Fsp3) is 0.750. The lowest BCUT2D eigenvalue weighted by molar-refractivity contribution is -0.157. The molecule has 1 heterocycles. The van der Waals surface area contributed by atoms with Crippen molar-refractivity contribution in [2.24, 2.45) is 34.1 Å². The second-order valence-corrected chi connectivity index (χ2v) is 8.29. The Morgan fingerprint density at radius 1 is 1.16 bits per heavy atom. The van der Waals surface area contributed by atoms with Crippen molar-refractivity contribution < 1.29 is 19.2 Å². The van der Waals surface area contributed by atoms with Crippen LogP contribution in [0.4, 0.5) is 0 Å². The maximum Gasteiger partial charge on any atom is 0.258 e. The number of nitrogens with two attached hydrogens (primary N) is 5. The smallest absolute Gasteiger partial charge is 0.258 e. The zero-order valence-corrected chi connectivity index (χ0v) is 18.5. The molecule has 1 rings (SSSR count). The number of nitrogens with zero attached hydrogens (tertiary/aromatic N) is 2. The first-order valence-corrected chi connectivity index (χ1v) is 10.4. The summed E-state index contributed by atoms with van der Waals surface area (Å²) < 4.78 is 0. The Labute approximate surface area is 182 Å². The van der Waals surface area contributed by atoms with E-state index in [-0.39, 0.29) is 25.8 Å². The quantitative estimate of drug-likeness (QED) is 0.136. The van der Waals surface area contributed by atoms with Crippen molar-refractivity contribution in [3.05, 3.63) is 0 Å². The first-order valence-electron chi connectivity index (χ1n) is 10.4. The summed E-state index contributed by atoms with van der Waals surface area (Å²) in [6, 6.07) is -0.576. The van der Waals surface area contributed by atoms with Gasteiger partial charge >= 0.3 is 0 Å². The fourth-order valence-electron chi connectivity index (χ4n) is 4.26. The van der Waals surface area contributed by atoms with Gasteiger partial charge in [-0.1, -0.05) is 13.3 Å². The Balaban J connectivity index is 3.75. The molecule has 0 spiro atoms. The van der Waals surface area contributed by atoms with E-state index in [0.717, 1.165) is 11.8 Å². The number of hydrogen-bond acceptors (Lipinski definition) is 10. The first kappa shape index (κ1) is 26.8. The number of ketones is 3. The monoisotopic (exact) mass is 437 g/mol. The molecule has 4 atom stereocenters. The highest BCUT2D eigenvalue weighted by Crippen LogP contribution is 2.49. The number of amides is 1. The molecule has 1 aliphatic rings. The lowest BCUT2D eigenvalue weighted by Crippen LogP contribution is -2.73. The van der Waals surface area contributed by atoms with Gasteiger partial charge in [-0.05, 0) is 46.1 Å². The molecule has 11 nitrogen and oxygen atoms in total. The van der Waals surface area contributed by atoms with Crippen LogP contribution in [0.3, 0.4) is 0 Å². The minimum Gasteiger partial charge on any atom is -0.330 e. The van der Waals surface area contributed by atoms with E-state index in [1.807, 2.05) is 6.07 Å². The van der Waals surface area contributed by atoms with Crippen LogP contribution >= 0.6 is 0 Å². The van der Waals surface area contributed by atoms with E-state index in [1.54, 1.807) is 6.92 Å². The van der Waals surface area contributed by atoms with Crippen LogP contribution in [0.25, 0.3) is 0 Å². The van der Waals surface area contributed by atoms with Crippen molar-refractivity contribution in [1.82, 2.24) is 4.90 Å². The summed E-state index contributed by atoms with van der Waals surface area (Å²) in [7, 11) is 0. The van der Waals surface area contributed by atoms with E-state index in [2.05, 4.69) is 0 Å². The normalized spacial score (nSPS) is 25.6. The van der Waals surface area contributed by atoms with E-state index in [1.165, 1.54) is 6.92 Å². The molecule has 0 saturated carbocycles. The summed E-state index contributed by atoms with van der Waals surface area (Å²) in [6.07, 6.45) is 1.07. The number of likely N-dealkylation sites (tertiary alicyclic amines) is 1. The predicted octanol–water partition coefficient (Wildman–Crippen LogP) is -1.98. The van der Waals surface area contributed by atoms with Crippen LogP contribution in [-0.2, 0) is 19.2 Å². The Bertz CT molecular complexity index is 776. The van der Waals surface area contributed by atoms with Crippen molar-refractivity contribution in [1.29, 1.82) is 5.26 Å². The summed E-state index contributed by atoms with van der Waals surface area (Å²) in [5, 5.41) is 10.3. The SMILES string of the molecule is CCC(N)(N)C(=O)N1CCC(C(C)=O)(C(=O)C(N)CCCCN)C1(C#N)C(=O)C(C)N. The van der Waals surface area contributed by atoms with Crippen molar-refractivity contribution in [3.8, 4) is 6.07 Å². The molecular formula is C20H35N7O4. The third-order valence-corrected chi connectivity index (χ3v) is 6.22. The van der Waals surface area contributed by atoms with Gasteiger partial charge in [0, 0.05) is 6.54 Å². The number of carbonyl (C=O) groups excluding carboxylic acids is 4. The van der Waals surface area contributed by atoms with Crippen LogP contribution in [0.2, 0.25) is 0 Å². The molecule has 0 bridgehead atoms. The van der Waals surface area contributed by atoms with Gasteiger partial charge in [-0.15, -0.1) is 0 Å². The molecular weight excluding hydrogens is 402 g/mol. The summed E-state index contributed by atoms with van der Waals surface area (Å²) in [5.74, 6) is -3.38. The van der Waals surface area contributed by atoms with E-state index in [4.69, 9.17) is 28.7 Å². The lowest BCUT2D eigenvalue weighted by atomic mass is 9.60. The molecule has 4 unspecified atom stereocenters. The third kappa shape index (κ3) is 4.26. The molecule has 1 fully saturated rings. The number of hydrogen-bond donors (Lipinski definition) is 5. The van der Waals surface area contributed by atoms with E-state index >= 15 is 0 Å². The van der Waals surface area contributed by atoms with Gasteiger partial charge < -0.3 is 33.6 Å². The van der Waals surface area contributed by atoms with Crippen LogP contribution in [-0.4, -0.2) is 64.5 Å². The highest BCUT2D eigenvalue weighted by atomic mass is 16.2. The van der Waals surface area contributed by atoms with Crippen molar-refractivity contribution in [3.63, 3.8) is 0 Å². The molecule has 0 aromatic rings. The number of nitriles is 1. The number of rotatable bonds is 11. The summed E-state index contributed by atoms with van der Waals surface area (Å²) in [6.45, 7) is 4.14. The Hall–Kier alpha value is -2.23. The zero-order valence-electron chi connectivity index (χ0n) is 18.5. The fourth-order valence-corrected chi connectivity index (χ4v) is 4.26. The molecule has 11 heteroatoms. The average Bonchev–Trinajstić information content (AvgIpc) is 3.08. The number of carbonyl (C=O) groups is 4. The molecule has 0 radical (unpaired) electrons. The van der Waals surface area contributed by atoms with Crippen molar-refractivity contribution >= 4 is 23.3 Å². The number of Topliss-reactive ketones (excluding diaryl/α,β-unsaturated/α-hetero) is 3. The van der Waals surface area contributed by atoms with Gasteiger partial charge in [0.1, 0.15) is 22.9 Å². The average molecular weight is 438 g/mol. The minimum atomic E-state index is -2.49. The molecule has 174 valence electrons. The van der Waals surface area contributed by atoms with Crippen LogP contribution in [0.5, 0.6) is 0 Å². The van der Waals surface area contributed by atoms with E-state index in [0.29, 0.717) is 19.4 Å². The molecule has 0 aliphatic carbocycles. The number of unbranched alkanes of at least 4 members (excludes halogenated alkanes) is 1. The molecule has 10 N–H and O–H groups in total. The van der Waals surface area contributed by atoms with Gasteiger partial charge in [-0.2, -0.15) is 5.26 Å². The standard InChI is InChI=1S/C20H35N7O4/c1-4-20(25,26)17(31)27-10-8-18(13(3)28,16(30)14(24)7-5-6-9-21)19(27,11-22)15(29)12(2)23/h12,14H,4-10,21,23-26H2,1-3H3. The molecule has 0 aromatic heterocycles. The first-order chi connectivity index (χ1) is 14.3. The highest BCUT2D eigenvalue weighted by molar-refractivity contribution is 6.18. The lowest BCUT2D eigenvalue weighted by Gasteiger charge is -2.44. The Kier molecular flexibility index (Phi) is 8.59. The highest BCUT2D eigenvalue weighted by Gasteiger charge is 2.72. The molecule has 1 aliphatic heterocycles. The zero-order chi connectivity index (χ0) is 24.2. The maximum absolute atomic E-state index is 13.6. The van der Waals surface area contributed by atoms with Gasteiger partial charge in [0.15, 0.2) is 11.6 Å². The molecule has 1 saturated heterocycles. The van der Waals surface area contributed by atoms with Gasteiger partial charge in [-0.25, -0.2) is 0 Å². The molecule has 0 aromatic carbocycles. The summed E-state index contributed by atoms with van der Waals surface area (Å²) >= 11 is 0. The van der Waals surface area contributed by atoms with Gasteiger partial charge in [-0.3, -0.25) is 19.2 Å². The van der Waals surface area contributed by atoms with Gasteiger partial charge in [0.2, 0.25) is 5.54 Å². The largest absolute Gasteiger partial charge is 0.330 e. The molecule has 31 heavy (non-hydrogen) atoms. The topological polar surface area (TPSA) is 225 Å². The summed E-state index contributed by atoms with van der Waals surface area (Å²) in [5.41, 5.74) is 22.6. The van der Waals surface area contributed by atoms with Crippen LogP contribution in [0.15, 0.2) is 0 Å². The van der Waals surface area contributed by atoms with E-state index < -0.39 is 52.0 Å². The predicted molar refractivity (Wildman–Crippen MR) is 114 cm³/mol. The van der Waals surface area contributed by atoms with Crippen LogP contribution < -0.4 is 28.7 Å². The maximum atomic E-state index is 13.6. The van der Waals surface area contributed by atoms with Crippen LogP contribution in [0.1, 0.15) is 52.9 Å². The minimum absolute atomic E-state index is 0.00414. The van der Waals surface area contributed by atoms with Crippen molar-refractivity contribution in [2.75, 3.05) is 13.1 Å². The van der Waals surface area contributed by atoms with Gasteiger partial charge in [0.05, 0.1) is 12.1 Å². The third-order valence-electron chi connectivity index (χ3n) is 6.22. The Morgan fingerprint density at radius 3 is 2.16 bits per heavy atom.